The van der Waals surface area contributed by atoms with Crippen LogP contribution in [0.3, 0.4) is 0 Å². The molecule has 0 N–H and O–H groups in total. The maximum atomic E-state index is 12.3. The highest BCUT2D eigenvalue weighted by molar-refractivity contribution is 6.01. The van der Waals surface area contributed by atoms with E-state index in [9.17, 15) is 9.59 Å². The fourth-order valence-corrected chi connectivity index (χ4v) is 2.81. The van der Waals surface area contributed by atoms with Crippen molar-refractivity contribution in [1.82, 2.24) is 4.90 Å². The van der Waals surface area contributed by atoms with Crippen LogP contribution in [-0.4, -0.2) is 22.6 Å². The summed E-state index contributed by atoms with van der Waals surface area (Å²) in [5.74, 6) is 0.129. The van der Waals surface area contributed by atoms with Crippen molar-refractivity contribution in [2.45, 2.75) is 31.8 Å². The maximum Gasteiger partial charge on any atom is 0.255 e. The molecular weight excluding hydrogens is 226 g/mol. The van der Waals surface area contributed by atoms with Gasteiger partial charge in [-0.3, -0.25) is 9.59 Å². The monoisotopic (exact) mass is 241 g/mol. The van der Waals surface area contributed by atoms with E-state index in [1.54, 1.807) is 4.90 Å². The lowest BCUT2D eigenvalue weighted by Gasteiger charge is -2.30. The van der Waals surface area contributed by atoms with E-state index in [2.05, 4.69) is 6.58 Å². The molecular formula is C15H15NO2. The summed E-state index contributed by atoms with van der Waals surface area (Å²) in [6, 6.07) is 7.34. The van der Waals surface area contributed by atoms with Gasteiger partial charge >= 0.3 is 0 Å². The number of fused-ring (bicyclic) bond motifs is 1. The minimum Gasteiger partial charge on any atom is -0.324 e. The van der Waals surface area contributed by atoms with Crippen LogP contribution in [0, 0.1) is 0 Å². The van der Waals surface area contributed by atoms with Crippen LogP contribution in [0.15, 0.2) is 36.4 Å². The van der Waals surface area contributed by atoms with Gasteiger partial charge in [-0.25, -0.2) is 0 Å². The highest BCUT2D eigenvalue weighted by atomic mass is 16.2. The second-order valence-electron chi connectivity index (χ2n) is 5.04. The molecule has 1 saturated carbocycles. The number of nitrogens with zero attached hydrogens (tertiary/aromatic N) is 1. The summed E-state index contributed by atoms with van der Waals surface area (Å²) in [6.07, 6.45) is 1.98. The maximum absolute atomic E-state index is 12.3. The average Bonchev–Trinajstić information content (AvgIpc) is 2.68. The molecule has 1 fully saturated rings. The Kier molecular flexibility index (Phi) is 2.54. The summed E-state index contributed by atoms with van der Waals surface area (Å²) in [4.78, 5) is 26.0. The smallest absolute Gasteiger partial charge is 0.255 e. The van der Waals surface area contributed by atoms with Crippen molar-refractivity contribution in [1.29, 1.82) is 0 Å². The molecule has 1 aliphatic heterocycles. The van der Waals surface area contributed by atoms with Crippen molar-refractivity contribution >= 4 is 11.7 Å². The first-order chi connectivity index (χ1) is 8.66. The Labute approximate surface area is 106 Å². The molecule has 3 rings (SSSR count). The van der Waals surface area contributed by atoms with E-state index in [1.165, 1.54) is 0 Å². The Balaban J connectivity index is 1.86. The van der Waals surface area contributed by atoms with Crippen LogP contribution in [0.4, 0.5) is 0 Å². The third-order valence-electron chi connectivity index (χ3n) is 3.79. The standard InChI is InChI=1S/C15H15NO2/c1-10-6-7-13(14(17)8-10)16-9-11-4-2-3-5-12(11)15(16)18/h2-5,13H,1,6-9H2. The number of amides is 1. The average molecular weight is 241 g/mol. The van der Waals surface area contributed by atoms with Gasteiger partial charge in [-0.1, -0.05) is 30.4 Å². The van der Waals surface area contributed by atoms with Crippen LogP contribution in [0.2, 0.25) is 0 Å². The second kappa shape index (κ2) is 4.09. The zero-order valence-electron chi connectivity index (χ0n) is 10.2. The Morgan fingerprint density at radius 2 is 2.00 bits per heavy atom. The molecule has 3 nitrogen and oxygen atoms in total. The third-order valence-corrected chi connectivity index (χ3v) is 3.79. The minimum atomic E-state index is -0.254. The van der Waals surface area contributed by atoms with Crippen molar-refractivity contribution in [2.75, 3.05) is 0 Å². The lowest BCUT2D eigenvalue weighted by atomic mass is 9.90. The molecule has 92 valence electrons. The molecule has 1 aromatic rings. The first-order valence-corrected chi connectivity index (χ1v) is 6.25. The van der Waals surface area contributed by atoms with Gasteiger partial charge < -0.3 is 4.90 Å². The van der Waals surface area contributed by atoms with Crippen molar-refractivity contribution in [3.63, 3.8) is 0 Å². The van der Waals surface area contributed by atoms with Gasteiger partial charge in [-0.2, -0.15) is 0 Å². The van der Waals surface area contributed by atoms with Crippen LogP contribution >= 0.6 is 0 Å². The predicted molar refractivity (Wildman–Crippen MR) is 68.1 cm³/mol. The largest absolute Gasteiger partial charge is 0.324 e. The molecule has 18 heavy (non-hydrogen) atoms. The molecule has 1 aromatic carbocycles. The zero-order chi connectivity index (χ0) is 12.7. The van der Waals surface area contributed by atoms with E-state index >= 15 is 0 Å². The van der Waals surface area contributed by atoms with Crippen LogP contribution in [-0.2, 0) is 11.3 Å². The lowest BCUT2D eigenvalue weighted by Crippen LogP contribution is -2.43. The topological polar surface area (TPSA) is 37.4 Å². The molecule has 1 heterocycles. The first-order valence-electron chi connectivity index (χ1n) is 6.25. The molecule has 0 radical (unpaired) electrons. The van der Waals surface area contributed by atoms with Crippen LogP contribution in [0.1, 0.15) is 35.2 Å². The summed E-state index contributed by atoms with van der Waals surface area (Å²) < 4.78 is 0. The van der Waals surface area contributed by atoms with Crippen molar-refractivity contribution < 1.29 is 9.59 Å². The summed E-state index contributed by atoms with van der Waals surface area (Å²) in [5, 5.41) is 0. The minimum absolute atomic E-state index is 0.00328. The normalized spacial score (nSPS) is 23.4. The highest BCUT2D eigenvalue weighted by Crippen LogP contribution is 2.30. The van der Waals surface area contributed by atoms with Gasteiger partial charge in [0.15, 0.2) is 5.78 Å². The van der Waals surface area contributed by atoms with Crippen molar-refractivity contribution in [3.8, 4) is 0 Å². The Morgan fingerprint density at radius 3 is 2.72 bits per heavy atom. The molecule has 1 atom stereocenters. The molecule has 0 saturated heterocycles. The van der Waals surface area contributed by atoms with E-state index in [-0.39, 0.29) is 17.7 Å². The van der Waals surface area contributed by atoms with Crippen LogP contribution in [0.5, 0.6) is 0 Å². The number of carbonyl (C=O) groups is 2. The number of ketones is 1. The van der Waals surface area contributed by atoms with Gasteiger partial charge in [0.05, 0.1) is 6.04 Å². The molecule has 1 unspecified atom stereocenters. The molecule has 0 bridgehead atoms. The van der Waals surface area contributed by atoms with E-state index < -0.39 is 0 Å². The van der Waals surface area contributed by atoms with Gasteiger partial charge in [0.25, 0.3) is 5.91 Å². The summed E-state index contributed by atoms with van der Waals surface area (Å²) in [6.45, 7) is 4.43. The van der Waals surface area contributed by atoms with Crippen molar-refractivity contribution in [3.05, 3.63) is 47.5 Å². The van der Waals surface area contributed by atoms with E-state index in [0.717, 1.165) is 29.5 Å². The SMILES string of the molecule is C=C1CCC(N2Cc3ccccc3C2=O)C(=O)C1. The Morgan fingerprint density at radius 1 is 1.22 bits per heavy atom. The molecule has 0 spiro atoms. The van der Waals surface area contributed by atoms with Gasteiger partial charge in [0.2, 0.25) is 0 Å². The molecule has 2 aliphatic rings. The summed E-state index contributed by atoms with van der Waals surface area (Å²) in [7, 11) is 0. The van der Waals surface area contributed by atoms with E-state index in [1.807, 2.05) is 24.3 Å². The Hall–Kier alpha value is -1.90. The van der Waals surface area contributed by atoms with Gasteiger partial charge in [-0.15, -0.1) is 0 Å². The van der Waals surface area contributed by atoms with Gasteiger partial charge in [-0.05, 0) is 24.5 Å². The molecule has 0 aromatic heterocycles. The fourth-order valence-electron chi connectivity index (χ4n) is 2.81. The quantitative estimate of drug-likeness (QED) is 0.708. The first kappa shape index (κ1) is 11.2. The number of hydrogen-bond donors (Lipinski definition) is 0. The number of carbonyl (C=O) groups excluding carboxylic acids is 2. The predicted octanol–water partition coefficient (Wildman–Crippen LogP) is 2.32. The van der Waals surface area contributed by atoms with E-state index in [0.29, 0.717) is 13.0 Å². The number of hydrogen-bond acceptors (Lipinski definition) is 2. The number of rotatable bonds is 1. The number of benzene rings is 1. The third kappa shape index (κ3) is 1.67. The Bertz CT molecular complexity index is 547. The van der Waals surface area contributed by atoms with E-state index in [4.69, 9.17) is 0 Å². The number of Topliss-reactive ketones (excluding diaryl/α,β-unsaturated/α-hetero) is 1. The fraction of sp³-hybridized carbons (Fsp3) is 0.333. The summed E-state index contributed by atoms with van der Waals surface area (Å²) >= 11 is 0. The highest BCUT2D eigenvalue weighted by Gasteiger charge is 2.37. The van der Waals surface area contributed by atoms with Crippen LogP contribution < -0.4 is 0 Å². The molecule has 1 amide bonds. The van der Waals surface area contributed by atoms with Crippen molar-refractivity contribution in [2.24, 2.45) is 0 Å². The second-order valence-corrected chi connectivity index (χ2v) is 5.04. The zero-order valence-corrected chi connectivity index (χ0v) is 10.2. The van der Waals surface area contributed by atoms with Crippen LogP contribution in [0.25, 0.3) is 0 Å². The van der Waals surface area contributed by atoms with Gasteiger partial charge in [0.1, 0.15) is 0 Å². The van der Waals surface area contributed by atoms with Gasteiger partial charge in [0, 0.05) is 18.5 Å². The number of allylic oxidation sites excluding steroid dienone is 1. The summed E-state index contributed by atoms with van der Waals surface area (Å²) in [5.41, 5.74) is 2.76. The lowest BCUT2D eigenvalue weighted by molar-refractivity contribution is -0.124. The molecule has 1 aliphatic carbocycles. The molecule has 3 heteroatoms.